The number of rotatable bonds is 10. The quantitative estimate of drug-likeness (QED) is 0.355. The number of methoxy groups -OCH3 is 1. The topological polar surface area (TPSA) is 45.8 Å². The lowest BCUT2D eigenvalue weighted by Crippen LogP contribution is -2.27. The van der Waals surface area contributed by atoms with Crippen molar-refractivity contribution in [1.82, 2.24) is 4.90 Å². The van der Waals surface area contributed by atoms with Crippen molar-refractivity contribution in [3.05, 3.63) is 90.8 Å². The molecule has 4 rings (SSSR count). The van der Waals surface area contributed by atoms with Crippen LogP contribution in [0.15, 0.2) is 68.4 Å². The lowest BCUT2D eigenvalue weighted by molar-refractivity contribution is 0.0997. The Morgan fingerprint density at radius 3 is 2.34 bits per heavy atom. The van der Waals surface area contributed by atoms with Crippen LogP contribution >= 0.6 is 34.0 Å². The molecule has 29 heavy (non-hydrogen) atoms. The standard InChI is InChI=1S/C22H23NO3S3/c1-25-10-9-23(14-17-8-13-27-16-17)15-18-6-7-19(26-18)22(24,20-4-2-11-28-20)21-5-3-12-29-21/h2-8,11-13,16,24H,9-10,14-15H2,1H3. The third-order valence-electron chi connectivity index (χ3n) is 4.75. The largest absolute Gasteiger partial charge is 0.461 e. The Bertz CT molecular complexity index is 941. The van der Waals surface area contributed by atoms with Gasteiger partial charge in [0.25, 0.3) is 0 Å². The van der Waals surface area contributed by atoms with Gasteiger partial charge in [-0.05, 0) is 57.4 Å². The first-order valence-corrected chi connectivity index (χ1v) is 12.0. The van der Waals surface area contributed by atoms with E-state index in [2.05, 4.69) is 21.7 Å². The number of hydrogen-bond donors (Lipinski definition) is 1. The van der Waals surface area contributed by atoms with Gasteiger partial charge in [-0.2, -0.15) is 11.3 Å². The molecule has 4 nitrogen and oxygen atoms in total. The van der Waals surface area contributed by atoms with Gasteiger partial charge in [-0.1, -0.05) is 12.1 Å². The first kappa shape index (κ1) is 20.5. The number of furan rings is 1. The molecule has 4 aromatic rings. The summed E-state index contributed by atoms with van der Waals surface area (Å²) in [5.74, 6) is 1.39. The molecule has 0 aliphatic carbocycles. The molecule has 0 radical (unpaired) electrons. The van der Waals surface area contributed by atoms with E-state index >= 15 is 0 Å². The van der Waals surface area contributed by atoms with Crippen LogP contribution in [0.5, 0.6) is 0 Å². The summed E-state index contributed by atoms with van der Waals surface area (Å²) in [6, 6.07) is 13.8. The highest BCUT2D eigenvalue weighted by Gasteiger charge is 2.39. The smallest absolute Gasteiger partial charge is 0.191 e. The molecule has 0 aliphatic heterocycles. The normalized spacial score (nSPS) is 12.1. The number of hydrogen-bond acceptors (Lipinski definition) is 7. The number of aliphatic hydroxyl groups is 1. The number of nitrogens with zero attached hydrogens (tertiary/aromatic N) is 1. The lowest BCUT2D eigenvalue weighted by Gasteiger charge is -2.24. The van der Waals surface area contributed by atoms with Crippen LogP contribution in [-0.2, 0) is 23.4 Å². The molecule has 0 bridgehead atoms. The second-order valence-electron chi connectivity index (χ2n) is 6.77. The van der Waals surface area contributed by atoms with E-state index in [9.17, 15) is 5.11 Å². The van der Waals surface area contributed by atoms with Gasteiger partial charge in [-0.3, -0.25) is 4.90 Å². The van der Waals surface area contributed by atoms with Crippen LogP contribution < -0.4 is 0 Å². The molecule has 0 saturated heterocycles. The van der Waals surface area contributed by atoms with Crippen molar-refractivity contribution >= 4 is 34.0 Å². The molecule has 0 unspecified atom stereocenters. The van der Waals surface area contributed by atoms with Crippen LogP contribution in [-0.4, -0.2) is 30.3 Å². The molecule has 0 amide bonds. The Morgan fingerprint density at radius 2 is 1.76 bits per heavy atom. The minimum atomic E-state index is -1.26. The van der Waals surface area contributed by atoms with Crippen molar-refractivity contribution in [3.63, 3.8) is 0 Å². The first-order chi connectivity index (χ1) is 14.2. The number of ether oxygens (including phenoxy) is 1. The highest BCUT2D eigenvalue weighted by atomic mass is 32.1. The van der Waals surface area contributed by atoms with Gasteiger partial charge < -0.3 is 14.3 Å². The van der Waals surface area contributed by atoms with Gasteiger partial charge in [0.2, 0.25) is 0 Å². The fourth-order valence-corrected chi connectivity index (χ4v) is 5.69. The summed E-state index contributed by atoms with van der Waals surface area (Å²) < 4.78 is 11.5. The van der Waals surface area contributed by atoms with Crippen molar-refractivity contribution in [2.45, 2.75) is 18.7 Å². The summed E-state index contributed by atoms with van der Waals surface area (Å²) in [6.07, 6.45) is 0. The third kappa shape index (κ3) is 4.55. The molecule has 0 aromatic carbocycles. The van der Waals surface area contributed by atoms with Gasteiger partial charge in [0, 0.05) is 30.0 Å². The van der Waals surface area contributed by atoms with Crippen LogP contribution in [0.25, 0.3) is 0 Å². The first-order valence-electron chi connectivity index (χ1n) is 9.32. The molecule has 1 N–H and O–H groups in total. The van der Waals surface area contributed by atoms with Gasteiger partial charge >= 0.3 is 0 Å². The molecule has 0 saturated carbocycles. The molecule has 0 atom stereocenters. The summed E-state index contributed by atoms with van der Waals surface area (Å²) in [7, 11) is 1.72. The monoisotopic (exact) mass is 445 g/mol. The third-order valence-corrected chi connectivity index (χ3v) is 7.44. The van der Waals surface area contributed by atoms with Crippen LogP contribution in [0, 0.1) is 0 Å². The average Bonchev–Trinajstić information content (AvgIpc) is 3.52. The zero-order valence-electron chi connectivity index (χ0n) is 16.1. The molecule has 4 aromatic heterocycles. The summed E-state index contributed by atoms with van der Waals surface area (Å²) in [6.45, 7) is 2.96. The zero-order valence-corrected chi connectivity index (χ0v) is 18.6. The van der Waals surface area contributed by atoms with Gasteiger partial charge in [-0.15, -0.1) is 22.7 Å². The van der Waals surface area contributed by atoms with Crippen molar-refractivity contribution in [2.75, 3.05) is 20.3 Å². The van der Waals surface area contributed by atoms with E-state index in [1.54, 1.807) is 18.4 Å². The molecule has 0 fully saturated rings. The fourth-order valence-electron chi connectivity index (χ4n) is 3.29. The van der Waals surface area contributed by atoms with E-state index in [1.165, 1.54) is 28.2 Å². The molecule has 152 valence electrons. The van der Waals surface area contributed by atoms with E-state index in [4.69, 9.17) is 9.15 Å². The van der Waals surface area contributed by atoms with Crippen LogP contribution in [0.3, 0.4) is 0 Å². The SMILES string of the molecule is COCCN(Cc1ccsc1)Cc1ccc(C(O)(c2cccs2)c2cccs2)o1. The van der Waals surface area contributed by atoms with E-state index in [-0.39, 0.29) is 0 Å². The highest BCUT2D eigenvalue weighted by molar-refractivity contribution is 7.11. The summed E-state index contributed by atoms with van der Waals surface area (Å²) in [5.41, 5.74) is 0.0252. The van der Waals surface area contributed by atoms with Gasteiger partial charge in [-0.25, -0.2) is 0 Å². The van der Waals surface area contributed by atoms with Crippen molar-refractivity contribution in [1.29, 1.82) is 0 Å². The van der Waals surface area contributed by atoms with Crippen molar-refractivity contribution < 1.29 is 14.3 Å². The second-order valence-corrected chi connectivity index (χ2v) is 9.44. The second kappa shape index (κ2) is 9.38. The van der Waals surface area contributed by atoms with Crippen LogP contribution in [0.1, 0.15) is 26.8 Å². The Kier molecular flexibility index (Phi) is 6.64. The van der Waals surface area contributed by atoms with Gasteiger partial charge in [0.1, 0.15) is 11.5 Å². The van der Waals surface area contributed by atoms with Gasteiger partial charge in [0.05, 0.1) is 13.2 Å². The number of thiophene rings is 3. The highest BCUT2D eigenvalue weighted by Crippen LogP contribution is 2.41. The molecular weight excluding hydrogens is 422 g/mol. The average molecular weight is 446 g/mol. The minimum absolute atomic E-state index is 0.555. The molecule has 4 heterocycles. The van der Waals surface area contributed by atoms with E-state index in [0.717, 1.165) is 28.6 Å². The van der Waals surface area contributed by atoms with Crippen LogP contribution in [0.4, 0.5) is 0 Å². The molecular formula is C22H23NO3S3. The maximum Gasteiger partial charge on any atom is 0.191 e. The van der Waals surface area contributed by atoms with Crippen molar-refractivity contribution in [3.8, 4) is 0 Å². The van der Waals surface area contributed by atoms with E-state index < -0.39 is 5.60 Å². The summed E-state index contributed by atoms with van der Waals surface area (Å²) in [5, 5.41) is 19.9. The Hall–Kier alpha value is -1.74. The predicted molar refractivity (Wildman–Crippen MR) is 120 cm³/mol. The minimum Gasteiger partial charge on any atom is -0.461 e. The Morgan fingerprint density at radius 1 is 1.00 bits per heavy atom. The fraction of sp³-hybridized carbons (Fsp3) is 0.273. The lowest BCUT2D eigenvalue weighted by atomic mass is 9.97. The molecule has 0 spiro atoms. The molecule has 7 heteroatoms. The Balaban J connectivity index is 1.58. The Labute approximate surface area is 182 Å². The maximum absolute atomic E-state index is 11.7. The van der Waals surface area contributed by atoms with E-state index in [1.807, 2.05) is 47.2 Å². The molecule has 0 aliphatic rings. The van der Waals surface area contributed by atoms with E-state index in [0.29, 0.717) is 18.9 Å². The predicted octanol–water partition coefficient (Wildman–Crippen LogP) is 5.40. The maximum atomic E-state index is 11.7. The summed E-state index contributed by atoms with van der Waals surface area (Å²) >= 11 is 4.77. The zero-order chi connectivity index (χ0) is 20.1. The summed E-state index contributed by atoms with van der Waals surface area (Å²) in [4.78, 5) is 4.01. The van der Waals surface area contributed by atoms with Gasteiger partial charge in [0.15, 0.2) is 5.60 Å². The van der Waals surface area contributed by atoms with Crippen molar-refractivity contribution in [2.24, 2.45) is 0 Å². The van der Waals surface area contributed by atoms with Crippen LogP contribution in [0.2, 0.25) is 0 Å².